The van der Waals surface area contributed by atoms with Gasteiger partial charge in [0.15, 0.2) is 0 Å². The van der Waals surface area contributed by atoms with Gasteiger partial charge in [-0.15, -0.1) is 0 Å². The molecule has 2 aromatic rings. The zero-order valence-electron chi connectivity index (χ0n) is 15.5. The maximum absolute atomic E-state index is 12.4. The molecule has 7 heteroatoms. The van der Waals surface area contributed by atoms with Crippen molar-refractivity contribution in [3.63, 3.8) is 0 Å². The number of ether oxygens (including phenoxy) is 1. The van der Waals surface area contributed by atoms with E-state index in [1.54, 1.807) is 11.0 Å². The van der Waals surface area contributed by atoms with E-state index in [9.17, 15) is 13.2 Å². The topological polar surface area (TPSA) is 75.7 Å². The molecule has 1 amide bonds. The minimum atomic E-state index is -3.49. The number of morpholine rings is 1. The molecule has 0 radical (unpaired) electrons. The monoisotopic (exact) mass is 388 g/mol. The van der Waals surface area contributed by atoms with Crippen LogP contribution in [0.3, 0.4) is 0 Å². The summed E-state index contributed by atoms with van der Waals surface area (Å²) in [6.45, 7) is 4.28. The lowest BCUT2D eigenvalue weighted by molar-refractivity contribution is -0.129. The maximum atomic E-state index is 12.4. The number of hydrogen-bond donors (Lipinski definition) is 1. The van der Waals surface area contributed by atoms with E-state index in [0.717, 1.165) is 22.4 Å². The van der Waals surface area contributed by atoms with Crippen LogP contribution < -0.4 is 9.62 Å². The molecule has 1 saturated heterocycles. The summed E-state index contributed by atoms with van der Waals surface area (Å²) in [6, 6.07) is 15.1. The summed E-state index contributed by atoms with van der Waals surface area (Å²) < 4.78 is 32.9. The number of anilines is 1. The Labute approximate surface area is 160 Å². The molecule has 1 fully saturated rings. The molecular weight excluding hydrogens is 364 g/mol. The molecule has 1 atom stereocenters. The van der Waals surface area contributed by atoms with Gasteiger partial charge in [0.1, 0.15) is 6.61 Å². The zero-order valence-corrected chi connectivity index (χ0v) is 16.3. The van der Waals surface area contributed by atoms with Gasteiger partial charge in [-0.1, -0.05) is 42.0 Å². The fourth-order valence-corrected chi connectivity index (χ4v) is 4.25. The van der Waals surface area contributed by atoms with Crippen LogP contribution in [0.15, 0.2) is 48.5 Å². The lowest BCUT2D eigenvalue weighted by Gasteiger charge is -2.33. The van der Waals surface area contributed by atoms with E-state index in [1.165, 1.54) is 0 Å². The average molecular weight is 388 g/mol. The highest BCUT2D eigenvalue weighted by Gasteiger charge is 2.28. The van der Waals surface area contributed by atoms with Crippen LogP contribution in [0.5, 0.6) is 0 Å². The number of amides is 1. The van der Waals surface area contributed by atoms with Crippen LogP contribution in [-0.2, 0) is 25.3 Å². The van der Waals surface area contributed by atoms with E-state index in [1.807, 2.05) is 56.3 Å². The average Bonchev–Trinajstić information content (AvgIpc) is 2.61. The summed E-state index contributed by atoms with van der Waals surface area (Å²) in [7, 11) is -3.49. The summed E-state index contributed by atoms with van der Waals surface area (Å²) in [6.07, 6.45) is -0.393. The smallest absolute Gasteiger partial charge is 0.253 e. The molecular formula is C20H24N2O4S. The fraction of sp³-hybridized carbons (Fsp3) is 0.350. The van der Waals surface area contributed by atoms with E-state index in [2.05, 4.69) is 4.72 Å². The van der Waals surface area contributed by atoms with Crippen LogP contribution in [-0.4, -0.2) is 40.1 Å². The van der Waals surface area contributed by atoms with Crippen molar-refractivity contribution in [2.75, 3.05) is 24.6 Å². The molecule has 1 aliphatic heterocycles. The molecule has 1 aliphatic rings. The number of carbonyl (C=O) groups is 1. The molecule has 144 valence electrons. The van der Waals surface area contributed by atoms with Gasteiger partial charge in [-0.25, -0.2) is 13.1 Å². The maximum Gasteiger partial charge on any atom is 0.253 e. The number of carbonyl (C=O) groups excluding carboxylic acids is 1. The van der Waals surface area contributed by atoms with Gasteiger partial charge in [-0.3, -0.25) is 4.79 Å². The van der Waals surface area contributed by atoms with Crippen molar-refractivity contribution in [1.29, 1.82) is 0 Å². The van der Waals surface area contributed by atoms with Crippen molar-refractivity contribution < 1.29 is 17.9 Å². The highest BCUT2D eigenvalue weighted by atomic mass is 32.2. The molecule has 1 N–H and O–H groups in total. The third-order valence-corrected chi connectivity index (χ3v) is 5.73. The van der Waals surface area contributed by atoms with E-state index < -0.39 is 16.1 Å². The SMILES string of the molecule is Cc1cccc(CS(=O)(=O)NCC2CN(c3cccc(C)c3)C(=O)CO2)c1. The van der Waals surface area contributed by atoms with Crippen LogP contribution in [0, 0.1) is 13.8 Å². The van der Waals surface area contributed by atoms with E-state index in [4.69, 9.17) is 4.74 Å². The minimum absolute atomic E-state index is 0.0573. The minimum Gasteiger partial charge on any atom is -0.365 e. The van der Waals surface area contributed by atoms with Crippen molar-refractivity contribution in [2.45, 2.75) is 25.7 Å². The first-order valence-electron chi connectivity index (χ1n) is 8.84. The number of sulfonamides is 1. The Balaban J connectivity index is 1.61. The van der Waals surface area contributed by atoms with Gasteiger partial charge in [-0.05, 0) is 37.1 Å². The lowest BCUT2D eigenvalue weighted by atomic mass is 10.2. The van der Waals surface area contributed by atoms with Gasteiger partial charge in [0.25, 0.3) is 5.91 Å². The second kappa shape index (κ2) is 8.21. The molecule has 1 heterocycles. The van der Waals surface area contributed by atoms with Gasteiger partial charge in [0, 0.05) is 12.2 Å². The van der Waals surface area contributed by atoms with Gasteiger partial charge in [0.05, 0.1) is 18.4 Å². The number of rotatable bonds is 6. The molecule has 0 bridgehead atoms. The highest BCUT2D eigenvalue weighted by Crippen LogP contribution is 2.20. The second-order valence-corrected chi connectivity index (χ2v) is 8.68. The molecule has 0 aliphatic carbocycles. The summed E-state index contributed by atoms with van der Waals surface area (Å²) in [5.41, 5.74) is 3.62. The first kappa shape index (κ1) is 19.5. The summed E-state index contributed by atoms with van der Waals surface area (Å²) in [5, 5.41) is 0. The van der Waals surface area contributed by atoms with E-state index in [0.29, 0.717) is 6.54 Å². The molecule has 0 aromatic heterocycles. The highest BCUT2D eigenvalue weighted by molar-refractivity contribution is 7.88. The van der Waals surface area contributed by atoms with Gasteiger partial charge in [0.2, 0.25) is 10.0 Å². The second-order valence-electron chi connectivity index (χ2n) is 6.87. The largest absolute Gasteiger partial charge is 0.365 e. The molecule has 6 nitrogen and oxygen atoms in total. The third-order valence-electron chi connectivity index (χ3n) is 4.41. The van der Waals surface area contributed by atoms with E-state index in [-0.39, 0.29) is 24.8 Å². The van der Waals surface area contributed by atoms with Crippen molar-refractivity contribution in [3.05, 3.63) is 65.2 Å². The molecule has 1 unspecified atom stereocenters. The first-order chi connectivity index (χ1) is 12.8. The summed E-state index contributed by atoms with van der Waals surface area (Å²) in [4.78, 5) is 13.8. The summed E-state index contributed by atoms with van der Waals surface area (Å²) in [5.74, 6) is -0.207. The van der Waals surface area contributed by atoms with Crippen LogP contribution >= 0.6 is 0 Å². The van der Waals surface area contributed by atoms with Gasteiger partial charge < -0.3 is 9.64 Å². The Morgan fingerprint density at radius 3 is 2.52 bits per heavy atom. The number of benzene rings is 2. The van der Waals surface area contributed by atoms with Crippen LogP contribution in [0.25, 0.3) is 0 Å². The van der Waals surface area contributed by atoms with Crippen LogP contribution in [0.1, 0.15) is 16.7 Å². The quantitative estimate of drug-likeness (QED) is 0.823. The Morgan fingerprint density at radius 2 is 1.81 bits per heavy atom. The Bertz CT molecular complexity index is 927. The van der Waals surface area contributed by atoms with Gasteiger partial charge >= 0.3 is 0 Å². The third kappa shape index (κ3) is 5.38. The Morgan fingerprint density at radius 1 is 1.11 bits per heavy atom. The molecule has 27 heavy (non-hydrogen) atoms. The van der Waals surface area contributed by atoms with Crippen molar-refractivity contribution >= 4 is 21.6 Å². The molecule has 2 aromatic carbocycles. The number of nitrogens with one attached hydrogen (secondary N) is 1. The number of hydrogen-bond acceptors (Lipinski definition) is 4. The lowest BCUT2D eigenvalue weighted by Crippen LogP contribution is -2.50. The molecule has 3 rings (SSSR count). The number of aryl methyl sites for hydroxylation is 2. The normalized spacial score (nSPS) is 17.9. The fourth-order valence-electron chi connectivity index (χ4n) is 3.09. The van der Waals surface area contributed by atoms with Gasteiger partial charge in [-0.2, -0.15) is 0 Å². The summed E-state index contributed by atoms with van der Waals surface area (Å²) >= 11 is 0. The van der Waals surface area contributed by atoms with E-state index >= 15 is 0 Å². The van der Waals surface area contributed by atoms with Crippen LogP contribution in [0.2, 0.25) is 0 Å². The van der Waals surface area contributed by atoms with Crippen molar-refractivity contribution in [1.82, 2.24) is 4.72 Å². The predicted molar refractivity (Wildman–Crippen MR) is 105 cm³/mol. The molecule has 0 saturated carbocycles. The standard InChI is InChI=1S/C20H24N2O4S/c1-15-5-3-7-17(9-15)14-27(24,25)21-11-19-12-22(20(23)13-26-19)18-8-4-6-16(2)10-18/h3-10,19,21H,11-14H2,1-2H3. The molecule has 0 spiro atoms. The predicted octanol–water partition coefficient (Wildman–Crippen LogP) is 2.15. The number of nitrogens with zero attached hydrogens (tertiary/aromatic N) is 1. The zero-order chi connectivity index (χ0) is 19.4. The Hall–Kier alpha value is -2.22. The Kier molecular flexibility index (Phi) is 5.94. The van der Waals surface area contributed by atoms with Crippen LogP contribution in [0.4, 0.5) is 5.69 Å². The van der Waals surface area contributed by atoms with Crippen molar-refractivity contribution in [2.24, 2.45) is 0 Å². The first-order valence-corrected chi connectivity index (χ1v) is 10.5. The van der Waals surface area contributed by atoms with Crippen molar-refractivity contribution in [3.8, 4) is 0 Å².